The number of thiol groups is 2. The van der Waals surface area contributed by atoms with E-state index in [0.717, 1.165) is 0 Å². The molecule has 0 radical (unpaired) electrons. The molecule has 4 nitrogen and oxygen atoms in total. The molecule has 0 bridgehead atoms. The maximum Gasteiger partial charge on any atom is 0.279 e. The molecule has 58 valence electrons. The van der Waals surface area contributed by atoms with Crippen molar-refractivity contribution in [2.45, 2.75) is 0 Å². The van der Waals surface area contributed by atoms with Crippen molar-refractivity contribution in [1.82, 2.24) is 5.32 Å². The van der Waals surface area contributed by atoms with E-state index in [4.69, 9.17) is 4.79 Å². The van der Waals surface area contributed by atoms with Gasteiger partial charge in [0.25, 0.3) is 10.5 Å². The zero-order chi connectivity index (χ0) is 8.57. The van der Waals surface area contributed by atoms with Gasteiger partial charge in [0.15, 0.2) is 0 Å². The lowest BCUT2D eigenvalue weighted by Gasteiger charge is -1.81. The zero-order valence-electron chi connectivity index (χ0n) is 5.07. The van der Waals surface area contributed by atoms with Crippen LogP contribution in [0.1, 0.15) is 0 Å². The highest BCUT2D eigenvalue weighted by Gasteiger charge is 1.77. The summed E-state index contributed by atoms with van der Waals surface area (Å²) in [7, 11) is 0. The molecule has 0 aliphatic heterocycles. The highest BCUT2D eigenvalue weighted by molar-refractivity contribution is 7.96. The molecule has 0 saturated heterocycles. The van der Waals surface area contributed by atoms with Crippen LogP contribution in [0.25, 0.3) is 0 Å². The van der Waals surface area contributed by atoms with Crippen LogP contribution in [0, 0.1) is 0 Å². The smallest absolute Gasteiger partial charge is 0.279 e. The predicted octanol–water partition coefficient (Wildman–Crippen LogP) is 0.764. The Kier molecular flexibility index (Phi) is 10.1. The summed E-state index contributed by atoms with van der Waals surface area (Å²) in [4.78, 5) is 18.8. The summed E-state index contributed by atoms with van der Waals surface area (Å²) in [6, 6.07) is 0. The van der Waals surface area contributed by atoms with Gasteiger partial charge in [0.05, 0.1) is 0 Å². The Morgan fingerprint density at radius 2 is 1.80 bits per heavy atom. The van der Waals surface area contributed by atoms with Gasteiger partial charge in [-0.2, -0.15) is 0 Å². The summed E-state index contributed by atoms with van der Waals surface area (Å²) in [5.74, 6) is 0. The normalized spacial score (nSPS) is 6.60. The third-order valence-electron chi connectivity index (χ3n) is 0.226. The quantitative estimate of drug-likeness (QED) is 0.450. The van der Waals surface area contributed by atoms with E-state index in [1.165, 1.54) is 6.20 Å². The van der Waals surface area contributed by atoms with Crippen molar-refractivity contribution in [2.24, 2.45) is 5.73 Å². The van der Waals surface area contributed by atoms with Crippen LogP contribution < -0.4 is 11.1 Å². The summed E-state index contributed by atoms with van der Waals surface area (Å²) < 4.78 is 0. The maximum absolute atomic E-state index is 9.73. The van der Waals surface area contributed by atoms with Crippen molar-refractivity contribution in [3.8, 4) is 0 Å². The first-order valence-electron chi connectivity index (χ1n) is 2.09. The van der Waals surface area contributed by atoms with Gasteiger partial charge in [-0.25, -0.2) is 0 Å². The first-order chi connectivity index (χ1) is 4.50. The second-order valence-corrected chi connectivity index (χ2v) is 1.84. The third kappa shape index (κ3) is 53.0. The van der Waals surface area contributed by atoms with Crippen LogP contribution in [0.3, 0.4) is 0 Å². The van der Waals surface area contributed by atoms with Crippen molar-refractivity contribution in [2.75, 3.05) is 0 Å². The van der Waals surface area contributed by atoms with Gasteiger partial charge >= 0.3 is 0 Å². The minimum absolute atomic E-state index is 0.384. The number of hydrogen-bond donors (Lipinski definition) is 4. The van der Waals surface area contributed by atoms with Crippen LogP contribution in [-0.4, -0.2) is 10.5 Å². The molecule has 3 N–H and O–H groups in total. The van der Waals surface area contributed by atoms with Crippen molar-refractivity contribution >= 4 is 35.7 Å². The van der Waals surface area contributed by atoms with E-state index in [1.807, 2.05) is 0 Å². The molecule has 0 aliphatic carbocycles. The second kappa shape index (κ2) is 8.38. The molecule has 0 aromatic carbocycles. The largest absolute Gasteiger partial charge is 0.361 e. The summed E-state index contributed by atoms with van der Waals surface area (Å²) in [6.45, 7) is 3.22. The van der Waals surface area contributed by atoms with Gasteiger partial charge in [-0.3, -0.25) is 9.59 Å². The van der Waals surface area contributed by atoms with Crippen LogP contribution in [0.5, 0.6) is 0 Å². The Morgan fingerprint density at radius 3 is 1.80 bits per heavy atom. The van der Waals surface area contributed by atoms with Crippen LogP contribution in [0.2, 0.25) is 0 Å². The van der Waals surface area contributed by atoms with Crippen LogP contribution in [0.4, 0.5) is 9.59 Å². The molecule has 0 rings (SSSR count). The molecule has 0 spiro atoms. The Balaban J connectivity index is 0. The molecular formula is C4H8N2O2S2. The Hall–Kier alpha value is -0.620. The van der Waals surface area contributed by atoms with Crippen molar-refractivity contribution in [3.05, 3.63) is 12.8 Å². The zero-order valence-corrected chi connectivity index (χ0v) is 6.86. The first-order valence-corrected chi connectivity index (χ1v) is 2.99. The fourth-order valence-electron chi connectivity index (χ4n) is 0.0873. The SMILES string of the molecule is C=CNC(=O)S.NC(=O)S. The Morgan fingerprint density at radius 1 is 1.50 bits per heavy atom. The number of primary amides is 1. The molecule has 0 aliphatic rings. The lowest BCUT2D eigenvalue weighted by atomic mass is 11.0. The lowest BCUT2D eigenvalue weighted by Crippen LogP contribution is -2.05. The van der Waals surface area contributed by atoms with Crippen molar-refractivity contribution < 1.29 is 9.59 Å². The van der Waals surface area contributed by atoms with E-state index in [-0.39, 0.29) is 5.24 Å². The van der Waals surface area contributed by atoms with Crippen LogP contribution in [0.15, 0.2) is 12.8 Å². The van der Waals surface area contributed by atoms with Gasteiger partial charge in [0.2, 0.25) is 0 Å². The van der Waals surface area contributed by atoms with Gasteiger partial charge in [-0.05, 0) is 6.20 Å². The highest BCUT2D eigenvalue weighted by atomic mass is 32.1. The predicted molar refractivity (Wildman–Crippen MR) is 46.3 cm³/mol. The summed E-state index contributed by atoms with van der Waals surface area (Å²) in [5, 5.41) is 1.17. The average molecular weight is 180 g/mol. The van der Waals surface area contributed by atoms with Crippen molar-refractivity contribution in [1.29, 1.82) is 0 Å². The first kappa shape index (κ1) is 12.1. The standard InChI is InChI=1S/C3H5NOS.CH3NOS/c1-2-4-3(5)6;2-1(3)4/h2H,1H2,(H2,4,5,6);(H3,2,3,4). The second-order valence-electron chi connectivity index (χ2n) is 0.992. The molecule has 0 saturated carbocycles. The Labute approximate surface area is 69.7 Å². The van der Waals surface area contributed by atoms with E-state index in [2.05, 4.69) is 42.9 Å². The number of rotatable bonds is 1. The van der Waals surface area contributed by atoms with E-state index in [9.17, 15) is 4.79 Å². The van der Waals surface area contributed by atoms with Gasteiger partial charge < -0.3 is 11.1 Å². The fraction of sp³-hybridized carbons (Fsp3) is 0. The minimum atomic E-state index is -0.639. The minimum Gasteiger partial charge on any atom is -0.361 e. The summed E-state index contributed by atoms with van der Waals surface area (Å²) >= 11 is 6.46. The summed E-state index contributed by atoms with van der Waals surface area (Å²) in [5.41, 5.74) is 4.34. The van der Waals surface area contributed by atoms with Gasteiger partial charge in [0.1, 0.15) is 0 Å². The average Bonchev–Trinajstić information content (AvgIpc) is 1.62. The molecule has 10 heavy (non-hydrogen) atoms. The van der Waals surface area contributed by atoms with E-state index < -0.39 is 5.24 Å². The monoisotopic (exact) mass is 180 g/mol. The highest BCUT2D eigenvalue weighted by Crippen LogP contribution is 1.71. The number of nitrogens with two attached hydrogens (primary N) is 1. The van der Waals surface area contributed by atoms with E-state index >= 15 is 0 Å². The number of nitrogens with one attached hydrogen (secondary N) is 1. The molecule has 2 amide bonds. The number of carbonyl (C=O) groups excluding carboxylic acids is 2. The van der Waals surface area contributed by atoms with E-state index in [1.54, 1.807) is 0 Å². The topological polar surface area (TPSA) is 72.2 Å². The third-order valence-corrected chi connectivity index (χ3v) is 0.355. The molecule has 0 aromatic rings. The molecule has 0 fully saturated rings. The molecule has 0 aromatic heterocycles. The fourth-order valence-corrected chi connectivity index (χ4v) is 0.179. The molecule has 0 atom stereocenters. The van der Waals surface area contributed by atoms with Crippen LogP contribution in [-0.2, 0) is 0 Å². The number of carbonyl (C=O) groups is 2. The van der Waals surface area contributed by atoms with Gasteiger partial charge in [-0.15, -0.1) is 0 Å². The van der Waals surface area contributed by atoms with Gasteiger partial charge in [-0.1, -0.05) is 31.8 Å². The molecule has 0 unspecified atom stereocenters. The van der Waals surface area contributed by atoms with Gasteiger partial charge in [0, 0.05) is 0 Å². The summed E-state index contributed by atoms with van der Waals surface area (Å²) in [6.07, 6.45) is 1.27. The lowest BCUT2D eigenvalue weighted by molar-refractivity contribution is 0.263. The van der Waals surface area contributed by atoms with Crippen molar-refractivity contribution in [3.63, 3.8) is 0 Å². The number of amides is 2. The van der Waals surface area contributed by atoms with E-state index in [0.29, 0.717) is 0 Å². The maximum atomic E-state index is 9.73. The molecule has 0 heterocycles. The Bertz CT molecular complexity index is 133. The molecule has 6 heteroatoms. The molecular weight excluding hydrogens is 172 g/mol. The number of hydrogen-bond acceptors (Lipinski definition) is 2. The van der Waals surface area contributed by atoms with Crippen LogP contribution >= 0.6 is 25.3 Å².